The Morgan fingerprint density at radius 3 is 2.76 bits per heavy atom. The SMILES string of the molecule is [C-]#[N+]C[C@@H]1CC[C@@H](Nc2c([N+]#[C-])cnc3[nH]cc(C(=O)c4ccc(Oc5cccc(C)c5)cc4Cl)c23)CO1. The molecule has 8 nitrogen and oxygen atoms in total. The van der Waals surface area contributed by atoms with Gasteiger partial charge in [-0.05, 0) is 49.6 Å². The van der Waals surface area contributed by atoms with Gasteiger partial charge in [0.1, 0.15) is 23.3 Å². The summed E-state index contributed by atoms with van der Waals surface area (Å²) in [6.07, 6.45) is 4.53. The van der Waals surface area contributed by atoms with Crippen LogP contribution in [0.15, 0.2) is 54.9 Å². The van der Waals surface area contributed by atoms with Crippen LogP contribution < -0.4 is 10.1 Å². The van der Waals surface area contributed by atoms with Crippen LogP contribution in [0.1, 0.15) is 34.3 Å². The number of carbonyl (C=O) groups excluding carboxylic acids is 1. The van der Waals surface area contributed by atoms with E-state index in [1.807, 2.05) is 31.2 Å². The molecule has 3 heterocycles. The molecule has 2 aromatic heterocycles. The van der Waals surface area contributed by atoms with E-state index in [4.69, 9.17) is 34.2 Å². The fourth-order valence-electron chi connectivity index (χ4n) is 4.57. The molecule has 0 spiro atoms. The van der Waals surface area contributed by atoms with Crippen molar-refractivity contribution in [3.05, 3.63) is 99.4 Å². The quantitative estimate of drug-likeness (QED) is 0.201. The first kappa shape index (κ1) is 25.3. The summed E-state index contributed by atoms with van der Waals surface area (Å²) in [4.78, 5) is 28.1. The van der Waals surface area contributed by atoms with E-state index in [9.17, 15) is 4.79 Å². The van der Waals surface area contributed by atoms with Gasteiger partial charge in [0.25, 0.3) is 0 Å². The normalized spacial score (nSPS) is 16.9. The number of halogens is 1. The standard InChI is InChI=1S/C29H24ClN5O3/c1-17-5-4-6-19(11-17)38-20-9-10-22(24(30)12-20)28(36)23-14-33-29-26(23)27(25(32-3)15-34-29)35-18-7-8-21(13-31-2)37-16-18/h4-6,9-12,14-15,18,21H,7-8,13,16H2,1H3,(H2,33,34,35)/t18-,21+/m1/s1. The second-order valence-electron chi connectivity index (χ2n) is 9.16. The average molecular weight is 526 g/mol. The van der Waals surface area contributed by atoms with Crippen molar-refractivity contribution in [2.24, 2.45) is 0 Å². The van der Waals surface area contributed by atoms with Crippen molar-refractivity contribution in [3.8, 4) is 11.5 Å². The van der Waals surface area contributed by atoms with Gasteiger partial charge in [0.2, 0.25) is 12.2 Å². The predicted octanol–water partition coefficient (Wildman–Crippen LogP) is 6.98. The number of aromatic amines is 1. The van der Waals surface area contributed by atoms with E-state index in [0.29, 0.717) is 58.2 Å². The van der Waals surface area contributed by atoms with Gasteiger partial charge in [-0.2, -0.15) is 0 Å². The first-order valence-corrected chi connectivity index (χ1v) is 12.5. The van der Waals surface area contributed by atoms with E-state index in [-0.39, 0.29) is 23.0 Å². The third-order valence-corrected chi connectivity index (χ3v) is 6.78. The van der Waals surface area contributed by atoms with Crippen molar-refractivity contribution >= 4 is 39.8 Å². The van der Waals surface area contributed by atoms with E-state index in [1.165, 1.54) is 6.20 Å². The van der Waals surface area contributed by atoms with Gasteiger partial charge in [-0.1, -0.05) is 23.7 Å². The van der Waals surface area contributed by atoms with Crippen molar-refractivity contribution in [3.63, 3.8) is 0 Å². The number of pyridine rings is 1. The van der Waals surface area contributed by atoms with Crippen LogP contribution in [0.5, 0.6) is 11.5 Å². The highest BCUT2D eigenvalue weighted by Crippen LogP contribution is 2.37. The lowest BCUT2D eigenvalue weighted by Gasteiger charge is -2.28. The van der Waals surface area contributed by atoms with Crippen LogP contribution in [-0.2, 0) is 4.74 Å². The second-order valence-corrected chi connectivity index (χ2v) is 9.57. The molecule has 9 heteroatoms. The summed E-state index contributed by atoms with van der Waals surface area (Å²) in [5.74, 6) is 0.897. The number of rotatable bonds is 7. The molecule has 1 aliphatic heterocycles. The van der Waals surface area contributed by atoms with Crippen molar-refractivity contribution in [2.75, 3.05) is 18.5 Å². The number of nitrogens with one attached hydrogen (secondary N) is 2. The monoisotopic (exact) mass is 525 g/mol. The molecule has 5 rings (SSSR count). The second kappa shape index (κ2) is 10.9. The summed E-state index contributed by atoms with van der Waals surface area (Å²) < 4.78 is 11.7. The van der Waals surface area contributed by atoms with Crippen LogP contribution in [0.3, 0.4) is 0 Å². The molecule has 1 fully saturated rings. The first-order chi connectivity index (χ1) is 18.5. The molecular weight excluding hydrogens is 502 g/mol. The molecule has 0 unspecified atom stereocenters. The summed E-state index contributed by atoms with van der Waals surface area (Å²) in [5.41, 5.74) is 3.06. The lowest BCUT2D eigenvalue weighted by Crippen LogP contribution is -2.35. The summed E-state index contributed by atoms with van der Waals surface area (Å²) in [6, 6.07) is 12.5. The molecule has 0 amide bonds. The average Bonchev–Trinajstić information content (AvgIpc) is 3.35. The van der Waals surface area contributed by atoms with E-state index in [1.54, 1.807) is 24.4 Å². The van der Waals surface area contributed by atoms with Crippen molar-refractivity contribution in [1.82, 2.24) is 9.97 Å². The van der Waals surface area contributed by atoms with E-state index >= 15 is 0 Å². The van der Waals surface area contributed by atoms with Gasteiger partial charge in [0.15, 0.2) is 5.78 Å². The number of carbonyl (C=O) groups is 1. The highest BCUT2D eigenvalue weighted by Gasteiger charge is 2.27. The number of ketones is 1. The number of aryl methyl sites for hydroxylation is 1. The Morgan fingerprint density at radius 1 is 1.21 bits per heavy atom. The Balaban J connectivity index is 1.44. The lowest BCUT2D eigenvalue weighted by atomic mass is 10.0. The first-order valence-electron chi connectivity index (χ1n) is 12.1. The third-order valence-electron chi connectivity index (χ3n) is 6.47. The number of aromatic nitrogens is 2. The van der Waals surface area contributed by atoms with E-state index in [0.717, 1.165) is 18.4 Å². The molecule has 190 valence electrons. The highest BCUT2D eigenvalue weighted by atomic mass is 35.5. The minimum absolute atomic E-state index is 0.0671. The van der Waals surface area contributed by atoms with Gasteiger partial charge < -0.3 is 24.6 Å². The number of hydrogen-bond acceptors (Lipinski definition) is 5. The summed E-state index contributed by atoms with van der Waals surface area (Å²) in [7, 11) is 0. The van der Waals surface area contributed by atoms with E-state index < -0.39 is 0 Å². The third kappa shape index (κ3) is 5.19. The van der Waals surface area contributed by atoms with Crippen molar-refractivity contribution in [1.29, 1.82) is 0 Å². The van der Waals surface area contributed by atoms with Gasteiger partial charge in [-0.15, -0.1) is 0 Å². The number of benzene rings is 2. The molecule has 2 atom stereocenters. The Hall–Kier alpha value is -4.37. The molecule has 0 aliphatic carbocycles. The number of fused-ring (bicyclic) bond motifs is 1. The van der Waals surface area contributed by atoms with Gasteiger partial charge >= 0.3 is 0 Å². The van der Waals surface area contributed by atoms with Gasteiger partial charge in [-0.3, -0.25) is 4.79 Å². The molecule has 1 saturated heterocycles. The molecule has 1 aliphatic rings. The highest BCUT2D eigenvalue weighted by molar-refractivity contribution is 6.36. The van der Waals surface area contributed by atoms with Gasteiger partial charge in [-0.25, -0.2) is 16.4 Å². The predicted molar refractivity (Wildman–Crippen MR) is 146 cm³/mol. The van der Waals surface area contributed by atoms with E-state index in [2.05, 4.69) is 25.0 Å². The fourth-order valence-corrected chi connectivity index (χ4v) is 4.83. The van der Waals surface area contributed by atoms with Crippen LogP contribution in [0, 0.1) is 20.1 Å². The van der Waals surface area contributed by atoms with Gasteiger partial charge in [0, 0.05) is 35.5 Å². The number of nitrogens with zero attached hydrogens (tertiary/aromatic N) is 3. The number of anilines is 1. The molecule has 0 saturated carbocycles. The van der Waals surface area contributed by atoms with Crippen LogP contribution in [-0.4, -0.2) is 41.0 Å². The zero-order valence-corrected chi connectivity index (χ0v) is 21.4. The molecule has 38 heavy (non-hydrogen) atoms. The zero-order valence-electron chi connectivity index (χ0n) is 20.6. The number of H-pyrrole nitrogens is 1. The minimum atomic E-state index is -0.299. The summed E-state index contributed by atoms with van der Waals surface area (Å²) >= 11 is 6.55. The summed E-state index contributed by atoms with van der Waals surface area (Å²) in [6.45, 7) is 17.4. The lowest BCUT2D eigenvalue weighted by molar-refractivity contribution is 0.0197. The molecule has 0 bridgehead atoms. The molecule has 4 aromatic rings. The Bertz CT molecular complexity index is 1590. The molecule has 0 radical (unpaired) electrons. The van der Waals surface area contributed by atoms with Crippen molar-refractivity contribution < 1.29 is 14.3 Å². The van der Waals surface area contributed by atoms with Crippen LogP contribution in [0.4, 0.5) is 11.4 Å². The zero-order chi connectivity index (χ0) is 26.6. The number of ether oxygens (including phenoxy) is 2. The van der Waals surface area contributed by atoms with Crippen LogP contribution in [0.25, 0.3) is 20.7 Å². The summed E-state index contributed by atoms with van der Waals surface area (Å²) in [5, 5.41) is 4.20. The Kier molecular flexibility index (Phi) is 7.28. The van der Waals surface area contributed by atoms with Crippen LogP contribution >= 0.6 is 11.6 Å². The topological polar surface area (TPSA) is 85.0 Å². The molecular formula is C29H24ClN5O3. The molecule has 2 aromatic carbocycles. The maximum atomic E-state index is 13.7. The Labute approximate surface area is 225 Å². The fraction of sp³-hybridized carbons (Fsp3) is 0.241. The van der Waals surface area contributed by atoms with Crippen molar-refractivity contribution in [2.45, 2.75) is 31.9 Å². The maximum Gasteiger partial charge on any atom is 0.240 e. The van der Waals surface area contributed by atoms with Gasteiger partial charge in [0.05, 0.1) is 29.5 Å². The minimum Gasteiger partial charge on any atom is -0.457 e. The smallest absolute Gasteiger partial charge is 0.240 e. The largest absolute Gasteiger partial charge is 0.457 e. The molecule has 2 N–H and O–H groups in total. The maximum absolute atomic E-state index is 13.7. The van der Waals surface area contributed by atoms with Crippen LogP contribution in [0.2, 0.25) is 5.02 Å². The number of hydrogen-bond donors (Lipinski definition) is 2. The Morgan fingerprint density at radius 2 is 2.05 bits per heavy atom.